The molecule has 2 aromatic carbocycles. The zero-order valence-electron chi connectivity index (χ0n) is 19.4. The average Bonchev–Trinajstić information content (AvgIpc) is 3.03. The molecule has 0 spiro atoms. The van der Waals surface area contributed by atoms with Gasteiger partial charge in [-0.05, 0) is 62.6 Å². The largest absolute Gasteiger partial charge is 0.326 e. The van der Waals surface area contributed by atoms with Gasteiger partial charge in [0.05, 0.1) is 12.2 Å². The van der Waals surface area contributed by atoms with Gasteiger partial charge < -0.3 is 10.6 Å². The summed E-state index contributed by atoms with van der Waals surface area (Å²) in [6, 6.07) is 14.6. The van der Waals surface area contributed by atoms with Crippen LogP contribution in [0, 0.1) is 13.8 Å². The molecular formula is C24H28N6O2S. The SMILES string of the molecule is CSc1cccc(NC(=NCc2c(C)nn(C)c2C)NC(=O)c2ccc(NC(C)=O)cc2)c1. The van der Waals surface area contributed by atoms with Crippen LogP contribution in [0.4, 0.5) is 11.4 Å². The van der Waals surface area contributed by atoms with E-state index in [-0.39, 0.29) is 11.8 Å². The Morgan fingerprint density at radius 2 is 1.79 bits per heavy atom. The van der Waals surface area contributed by atoms with Crippen LogP contribution in [0.3, 0.4) is 0 Å². The van der Waals surface area contributed by atoms with Crippen LogP contribution in [-0.2, 0) is 18.4 Å². The van der Waals surface area contributed by atoms with Crippen molar-refractivity contribution >= 4 is 40.9 Å². The molecule has 3 rings (SSSR count). The molecule has 1 heterocycles. The van der Waals surface area contributed by atoms with E-state index >= 15 is 0 Å². The molecule has 0 aliphatic rings. The van der Waals surface area contributed by atoms with Crippen LogP contribution in [-0.4, -0.2) is 33.8 Å². The van der Waals surface area contributed by atoms with Crippen molar-refractivity contribution < 1.29 is 9.59 Å². The van der Waals surface area contributed by atoms with Gasteiger partial charge in [0, 0.05) is 47.1 Å². The van der Waals surface area contributed by atoms with Gasteiger partial charge in [-0.15, -0.1) is 11.8 Å². The molecule has 0 aliphatic heterocycles. The van der Waals surface area contributed by atoms with E-state index in [1.165, 1.54) is 6.92 Å². The molecule has 33 heavy (non-hydrogen) atoms. The second kappa shape index (κ2) is 10.8. The molecule has 0 atom stereocenters. The molecule has 0 saturated carbocycles. The minimum absolute atomic E-state index is 0.167. The maximum absolute atomic E-state index is 12.9. The monoisotopic (exact) mass is 464 g/mol. The predicted molar refractivity (Wildman–Crippen MR) is 134 cm³/mol. The topological polar surface area (TPSA) is 100 Å². The lowest BCUT2D eigenvalue weighted by Crippen LogP contribution is -2.36. The molecule has 0 unspecified atom stereocenters. The number of aromatic nitrogens is 2. The smallest absolute Gasteiger partial charge is 0.257 e. The maximum Gasteiger partial charge on any atom is 0.257 e. The van der Waals surface area contributed by atoms with Gasteiger partial charge in [-0.25, -0.2) is 4.99 Å². The van der Waals surface area contributed by atoms with Crippen molar-refractivity contribution in [3.8, 4) is 0 Å². The van der Waals surface area contributed by atoms with Gasteiger partial charge in [-0.3, -0.25) is 19.6 Å². The van der Waals surface area contributed by atoms with Crippen molar-refractivity contribution in [2.24, 2.45) is 12.0 Å². The third-order valence-electron chi connectivity index (χ3n) is 5.09. The van der Waals surface area contributed by atoms with E-state index in [2.05, 4.69) is 26.0 Å². The molecule has 0 saturated heterocycles. The number of nitrogens with one attached hydrogen (secondary N) is 3. The maximum atomic E-state index is 12.9. The highest BCUT2D eigenvalue weighted by Crippen LogP contribution is 2.19. The van der Waals surface area contributed by atoms with Crippen LogP contribution in [0.5, 0.6) is 0 Å². The Bertz CT molecular complexity index is 1180. The Hall–Kier alpha value is -3.59. The Morgan fingerprint density at radius 1 is 1.06 bits per heavy atom. The molecule has 0 fully saturated rings. The number of thioether (sulfide) groups is 1. The first-order valence-corrected chi connectivity index (χ1v) is 11.6. The van der Waals surface area contributed by atoms with Gasteiger partial charge in [-0.2, -0.15) is 5.10 Å². The number of nitrogens with zero attached hydrogens (tertiary/aromatic N) is 3. The molecule has 0 radical (unpaired) electrons. The summed E-state index contributed by atoms with van der Waals surface area (Å²) in [5, 5.41) is 13.2. The highest BCUT2D eigenvalue weighted by Gasteiger charge is 2.13. The van der Waals surface area contributed by atoms with Crippen LogP contribution in [0.25, 0.3) is 0 Å². The number of aliphatic imine (C=N–C) groups is 1. The fourth-order valence-electron chi connectivity index (χ4n) is 3.24. The molecule has 0 aliphatic carbocycles. The number of carbonyl (C=O) groups excluding carboxylic acids is 2. The van der Waals surface area contributed by atoms with E-state index in [0.717, 1.165) is 27.5 Å². The van der Waals surface area contributed by atoms with Gasteiger partial charge in [0.1, 0.15) is 0 Å². The number of hydrogen-bond donors (Lipinski definition) is 3. The Kier molecular flexibility index (Phi) is 7.89. The van der Waals surface area contributed by atoms with E-state index in [4.69, 9.17) is 0 Å². The number of guanidine groups is 1. The van der Waals surface area contributed by atoms with E-state index in [0.29, 0.717) is 23.8 Å². The van der Waals surface area contributed by atoms with E-state index in [1.54, 1.807) is 36.0 Å². The van der Waals surface area contributed by atoms with Gasteiger partial charge in [0.25, 0.3) is 5.91 Å². The third kappa shape index (κ3) is 6.45. The molecule has 0 bridgehead atoms. The number of amides is 2. The number of carbonyl (C=O) groups is 2. The van der Waals surface area contributed by atoms with Crippen LogP contribution in [0.2, 0.25) is 0 Å². The number of anilines is 2. The lowest BCUT2D eigenvalue weighted by Gasteiger charge is -2.13. The summed E-state index contributed by atoms with van der Waals surface area (Å²) in [6.45, 7) is 5.75. The zero-order valence-corrected chi connectivity index (χ0v) is 20.2. The van der Waals surface area contributed by atoms with Crippen molar-refractivity contribution in [3.05, 3.63) is 71.0 Å². The Balaban J connectivity index is 1.83. The minimum Gasteiger partial charge on any atom is -0.326 e. The van der Waals surface area contributed by atoms with Crippen molar-refractivity contribution in [3.63, 3.8) is 0 Å². The molecule has 3 aromatic rings. The van der Waals surface area contributed by atoms with Crippen molar-refractivity contribution in [2.45, 2.75) is 32.2 Å². The number of aryl methyl sites for hydroxylation is 2. The van der Waals surface area contributed by atoms with Crippen LogP contribution >= 0.6 is 11.8 Å². The fraction of sp³-hybridized carbons (Fsp3) is 0.250. The molecule has 172 valence electrons. The minimum atomic E-state index is -0.309. The molecule has 9 heteroatoms. The first kappa shape index (κ1) is 24.1. The molecule has 2 amide bonds. The number of benzene rings is 2. The van der Waals surface area contributed by atoms with E-state index in [1.807, 2.05) is 56.1 Å². The predicted octanol–water partition coefficient (Wildman–Crippen LogP) is 4.12. The first-order valence-electron chi connectivity index (χ1n) is 10.4. The lowest BCUT2D eigenvalue weighted by atomic mass is 10.2. The summed E-state index contributed by atoms with van der Waals surface area (Å²) in [7, 11) is 1.90. The quantitative estimate of drug-likeness (QED) is 0.290. The van der Waals surface area contributed by atoms with Gasteiger partial charge in [0.2, 0.25) is 11.9 Å². The summed E-state index contributed by atoms with van der Waals surface area (Å²) in [4.78, 5) is 29.9. The first-order chi connectivity index (χ1) is 15.8. The summed E-state index contributed by atoms with van der Waals surface area (Å²) >= 11 is 1.63. The summed E-state index contributed by atoms with van der Waals surface area (Å²) in [6.07, 6.45) is 2.01. The zero-order chi connectivity index (χ0) is 24.0. The normalized spacial score (nSPS) is 11.2. The fourth-order valence-corrected chi connectivity index (χ4v) is 3.70. The highest BCUT2D eigenvalue weighted by molar-refractivity contribution is 7.98. The summed E-state index contributed by atoms with van der Waals surface area (Å²) in [5.41, 5.74) is 4.85. The van der Waals surface area contributed by atoms with Crippen LogP contribution in [0.1, 0.15) is 34.2 Å². The highest BCUT2D eigenvalue weighted by atomic mass is 32.2. The number of hydrogen-bond acceptors (Lipinski definition) is 5. The summed E-state index contributed by atoms with van der Waals surface area (Å²) < 4.78 is 1.82. The van der Waals surface area contributed by atoms with Crippen LogP contribution in [0.15, 0.2) is 58.4 Å². The van der Waals surface area contributed by atoms with E-state index < -0.39 is 0 Å². The standard InChI is InChI=1S/C24H28N6O2S/c1-15-22(16(2)30(4)29-15)14-25-24(27-20-7-6-8-21(13-20)33-5)28-23(32)18-9-11-19(12-10-18)26-17(3)31/h6-13H,14H2,1-5H3,(H,26,31)(H2,25,27,28,32). The third-order valence-corrected chi connectivity index (χ3v) is 5.81. The van der Waals surface area contributed by atoms with E-state index in [9.17, 15) is 9.59 Å². The Labute approximate surface area is 197 Å². The molecular weight excluding hydrogens is 436 g/mol. The van der Waals surface area contributed by atoms with Crippen molar-refractivity contribution in [2.75, 3.05) is 16.9 Å². The number of rotatable bonds is 6. The lowest BCUT2D eigenvalue weighted by molar-refractivity contribution is -0.114. The molecule has 1 aromatic heterocycles. The van der Waals surface area contributed by atoms with Gasteiger partial charge >= 0.3 is 0 Å². The molecule has 8 nitrogen and oxygen atoms in total. The second-order valence-corrected chi connectivity index (χ2v) is 8.39. The second-order valence-electron chi connectivity index (χ2n) is 7.51. The van der Waals surface area contributed by atoms with Gasteiger partial charge in [-0.1, -0.05) is 6.07 Å². The summed E-state index contributed by atoms with van der Waals surface area (Å²) in [5.74, 6) is -0.137. The average molecular weight is 465 g/mol. The Morgan fingerprint density at radius 3 is 2.39 bits per heavy atom. The molecule has 3 N–H and O–H groups in total. The van der Waals surface area contributed by atoms with Gasteiger partial charge in [0.15, 0.2) is 0 Å². The van der Waals surface area contributed by atoms with Crippen molar-refractivity contribution in [1.29, 1.82) is 0 Å². The van der Waals surface area contributed by atoms with Crippen molar-refractivity contribution in [1.82, 2.24) is 15.1 Å². The van der Waals surface area contributed by atoms with Crippen LogP contribution < -0.4 is 16.0 Å².